The van der Waals surface area contributed by atoms with Crippen molar-refractivity contribution >= 4 is 11.6 Å². The average Bonchev–Trinajstić information content (AvgIpc) is 3.43. The van der Waals surface area contributed by atoms with Crippen molar-refractivity contribution in [3.8, 4) is 0 Å². The van der Waals surface area contributed by atoms with Crippen molar-refractivity contribution in [2.24, 2.45) is 5.92 Å². The summed E-state index contributed by atoms with van der Waals surface area (Å²) < 4.78 is 2.27. The van der Waals surface area contributed by atoms with Crippen molar-refractivity contribution in [1.29, 1.82) is 0 Å². The molecule has 29 heavy (non-hydrogen) atoms. The van der Waals surface area contributed by atoms with Crippen LogP contribution in [0.2, 0.25) is 0 Å². The number of nitrogens with zero attached hydrogens (tertiary/aromatic N) is 2. The van der Waals surface area contributed by atoms with Crippen LogP contribution in [0, 0.1) is 5.92 Å². The molecule has 0 unspecified atom stereocenters. The number of carbonyl (C=O) groups excluding carboxylic acids is 1. The number of carbonyl (C=O) groups is 1. The predicted molar refractivity (Wildman–Crippen MR) is 121 cm³/mol. The molecule has 0 atom stereocenters. The molecule has 1 heterocycles. The molecular weight excluding hydrogens is 356 g/mol. The van der Waals surface area contributed by atoms with E-state index in [4.69, 9.17) is 0 Å². The topological polar surface area (TPSA) is 25.2 Å². The van der Waals surface area contributed by atoms with E-state index in [1.807, 2.05) is 59.5 Å². The Morgan fingerprint density at radius 3 is 2.17 bits per heavy atom. The van der Waals surface area contributed by atoms with Crippen LogP contribution >= 0.6 is 0 Å². The van der Waals surface area contributed by atoms with Gasteiger partial charge in [-0.05, 0) is 54.5 Å². The van der Waals surface area contributed by atoms with Crippen molar-refractivity contribution in [2.45, 2.75) is 53.1 Å². The monoisotopic (exact) mass is 388 g/mol. The van der Waals surface area contributed by atoms with E-state index in [0.29, 0.717) is 12.5 Å². The van der Waals surface area contributed by atoms with Gasteiger partial charge in [0.1, 0.15) is 5.69 Å². The Morgan fingerprint density at radius 2 is 1.59 bits per heavy atom. The summed E-state index contributed by atoms with van der Waals surface area (Å²) in [7, 11) is 0. The van der Waals surface area contributed by atoms with Crippen LogP contribution in [0.1, 0.15) is 61.8 Å². The molecule has 0 spiro atoms. The fraction of sp³-hybridized carbons (Fsp3) is 0.346. The highest BCUT2D eigenvalue weighted by molar-refractivity contribution is 6.05. The zero-order valence-corrected chi connectivity index (χ0v) is 16.7. The van der Waals surface area contributed by atoms with E-state index in [-0.39, 0.29) is 13.3 Å². The fourth-order valence-corrected chi connectivity index (χ4v) is 3.73. The lowest BCUT2D eigenvalue weighted by Crippen LogP contribution is -2.32. The Labute approximate surface area is 175 Å². The molecule has 3 aromatic rings. The van der Waals surface area contributed by atoms with Crippen molar-refractivity contribution in [1.82, 2.24) is 4.57 Å². The van der Waals surface area contributed by atoms with E-state index in [2.05, 4.69) is 36.6 Å². The molecule has 0 N–H and O–H groups in total. The third-order valence-corrected chi connectivity index (χ3v) is 5.46. The number of benzene rings is 2. The van der Waals surface area contributed by atoms with Crippen LogP contribution in [0.5, 0.6) is 0 Å². The molecule has 3 nitrogen and oxygen atoms in total. The van der Waals surface area contributed by atoms with Crippen molar-refractivity contribution in [3.63, 3.8) is 0 Å². The number of hydrogen-bond donors (Lipinski definition) is 0. The molecule has 1 saturated carbocycles. The number of hydrogen-bond acceptors (Lipinski definition) is 1. The largest absolute Gasteiger partial charge is 0.340 e. The van der Waals surface area contributed by atoms with E-state index < -0.39 is 0 Å². The van der Waals surface area contributed by atoms with Gasteiger partial charge in [0, 0.05) is 17.9 Å². The smallest absolute Gasteiger partial charge is 0.275 e. The zero-order valence-electron chi connectivity index (χ0n) is 16.7. The molecule has 152 valence electrons. The summed E-state index contributed by atoms with van der Waals surface area (Å²) in [5.74, 6) is 1.19. The number of para-hydroxylation sites is 1. The summed E-state index contributed by atoms with van der Waals surface area (Å²) in [4.78, 5) is 15.6. The maximum Gasteiger partial charge on any atom is 0.275 e. The van der Waals surface area contributed by atoms with Crippen molar-refractivity contribution in [2.75, 3.05) is 4.90 Å². The molecule has 3 heteroatoms. The van der Waals surface area contributed by atoms with Crippen LogP contribution in [0.15, 0.2) is 72.8 Å². The molecule has 0 radical (unpaired) electrons. The lowest BCUT2D eigenvalue weighted by atomic mass is 10.1. The second-order valence-corrected chi connectivity index (χ2v) is 8.06. The Balaban J connectivity index is 0.00000240. The van der Waals surface area contributed by atoms with Gasteiger partial charge in [-0.3, -0.25) is 4.79 Å². The third-order valence-electron chi connectivity index (χ3n) is 5.46. The number of amides is 1. The quantitative estimate of drug-likeness (QED) is 0.453. The van der Waals surface area contributed by atoms with Gasteiger partial charge in [0.15, 0.2) is 0 Å². The third kappa shape index (κ3) is 4.79. The van der Waals surface area contributed by atoms with Crippen molar-refractivity contribution < 1.29 is 4.79 Å². The van der Waals surface area contributed by atoms with E-state index in [9.17, 15) is 4.79 Å². The molecule has 1 amide bonds. The van der Waals surface area contributed by atoms with Gasteiger partial charge in [0.05, 0.1) is 6.54 Å². The minimum Gasteiger partial charge on any atom is -0.340 e. The molecule has 0 aliphatic heterocycles. The van der Waals surface area contributed by atoms with Gasteiger partial charge < -0.3 is 9.47 Å². The highest BCUT2D eigenvalue weighted by atomic mass is 16.2. The van der Waals surface area contributed by atoms with Gasteiger partial charge in [-0.15, -0.1) is 0 Å². The predicted octanol–water partition coefficient (Wildman–Crippen LogP) is 6.50. The lowest BCUT2D eigenvalue weighted by Gasteiger charge is -2.25. The Kier molecular flexibility index (Phi) is 6.58. The molecule has 1 aromatic heterocycles. The summed E-state index contributed by atoms with van der Waals surface area (Å²) in [6.45, 7) is 5.92. The fourth-order valence-electron chi connectivity index (χ4n) is 3.73. The Bertz CT molecular complexity index is 924. The average molecular weight is 389 g/mol. The Morgan fingerprint density at radius 1 is 0.966 bits per heavy atom. The summed E-state index contributed by atoms with van der Waals surface area (Å²) in [6.07, 6.45) is 2.55. The van der Waals surface area contributed by atoms with Crippen LogP contribution in [0.4, 0.5) is 5.69 Å². The van der Waals surface area contributed by atoms with Crippen LogP contribution in [-0.4, -0.2) is 10.5 Å². The molecular formula is C26H32N2O. The van der Waals surface area contributed by atoms with Crippen LogP contribution in [0.25, 0.3) is 0 Å². The molecule has 0 bridgehead atoms. The maximum atomic E-state index is 13.7. The first-order chi connectivity index (χ1) is 13.6. The van der Waals surface area contributed by atoms with E-state index in [1.54, 1.807) is 0 Å². The summed E-state index contributed by atoms with van der Waals surface area (Å²) in [5.41, 5.74) is 4.11. The van der Waals surface area contributed by atoms with E-state index in [1.165, 1.54) is 18.5 Å². The first kappa shape index (κ1) is 20.9. The molecule has 1 aliphatic carbocycles. The summed E-state index contributed by atoms with van der Waals surface area (Å²) >= 11 is 0. The lowest BCUT2D eigenvalue weighted by molar-refractivity contribution is 0.0975. The highest BCUT2D eigenvalue weighted by Crippen LogP contribution is 2.33. The minimum atomic E-state index is 0. The second kappa shape index (κ2) is 9.13. The maximum absolute atomic E-state index is 13.7. The number of rotatable bonds is 7. The van der Waals surface area contributed by atoms with Gasteiger partial charge >= 0.3 is 0 Å². The van der Waals surface area contributed by atoms with Crippen LogP contribution < -0.4 is 4.90 Å². The van der Waals surface area contributed by atoms with Crippen LogP contribution in [-0.2, 0) is 13.1 Å². The van der Waals surface area contributed by atoms with Crippen molar-refractivity contribution in [3.05, 3.63) is 89.7 Å². The highest BCUT2D eigenvalue weighted by Gasteiger charge is 2.28. The summed E-state index contributed by atoms with van der Waals surface area (Å²) in [5, 5.41) is 0. The summed E-state index contributed by atoms with van der Waals surface area (Å²) in [6, 6.07) is 24.3. The molecule has 2 aromatic carbocycles. The van der Waals surface area contributed by atoms with E-state index in [0.717, 1.165) is 29.4 Å². The molecule has 1 aliphatic rings. The van der Waals surface area contributed by atoms with Gasteiger partial charge in [-0.2, -0.15) is 0 Å². The standard InChI is InChI=1S/C25H28N2O.CH4/c1-19(2)23-15-16-24(27(23)18-21-13-14-21)25(28)26(22-11-7-4-8-12-22)17-20-9-5-3-6-10-20;/h3-12,15-16,19,21H,13-14,17-18H2,1-2H3;1H4. The molecule has 4 rings (SSSR count). The zero-order chi connectivity index (χ0) is 19.5. The van der Waals surface area contributed by atoms with E-state index >= 15 is 0 Å². The molecule has 0 saturated heterocycles. The second-order valence-electron chi connectivity index (χ2n) is 8.06. The number of aromatic nitrogens is 1. The van der Waals surface area contributed by atoms with Gasteiger partial charge in [-0.1, -0.05) is 69.8 Å². The van der Waals surface area contributed by atoms with Crippen LogP contribution in [0.3, 0.4) is 0 Å². The SMILES string of the molecule is C.CC(C)c1ccc(C(=O)N(Cc2ccccc2)c2ccccc2)n1CC1CC1. The first-order valence-corrected chi connectivity index (χ1v) is 10.2. The minimum absolute atomic E-state index is 0. The van der Waals surface area contributed by atoms with Gasteiger partial charge in [0.2, 0.25) is 0 Å². The first-order valence-electron chi connectivity index (χ1n) is 10.2. The number of anilines is 1. The van der Waals surface area contributed by atoms with Gasteiger partial charge in [0.25, 0.3) is 5.91 Å². The normalized spacial score (nSPS) is 13.2. The Hall–Kier alpha value is -2.81. The van der Waals surface area contributed by atoms with Gasteiger partial charge in [-0.25, -0.2) is 0 Å². The molecule has 1 fully saturated rings.